The summed E-state index contributed by atoms with van der Waals surface area (Å²) in [6, 6.07) is 0. The van der Waals surface area contributed by atoms with Crippen molar-refractivity contribution < 1.29 is 78.4 Å². The van der Waals surface area contributed by atoms with Crippen LogP contribution in [0.4, 0.5) is 0 Å². The maximum atomic E-state index is 10.1. The average molecular weight is 535 g/mol. The Morgan fingerprint density at radius 2 is 0.882 bits per heavy atom. The second kappa shape index (κ2) is 34.4. The van der Waals surface area contributed by atoms with Gasteiger partial charge in [-0.15, -0.1) is 0 Å². The van der Waals surface area contributed by atoms with Crippen LogP contribution in [0.5, 0.6) is 0 Å². The Morgan fingerprint density at radius 3 is 1.21 bits per heavy atom. The van der Waals surface area contributed by atoms with E-state index in [9.17, 15) is 13.0 Å². The van der Waals surface area contributed by atoms with Gasteiger partial charge in [0, 0.05) is 6.61 Å². The topological polar surface area (TPSA) is 95.9 Å². The molecule has 0 saturated heterocycles. The van der Waals surface area contributed by atoms with Crippen LogP contribution in [-0.2, 0) is 19.3 Å². The number of aliphatic hydroxyl groups is 1. The first-order valence-electron chi connectivity index (χ1n) is 13.8. The van der Waals surface area contributed by atoms with Crippen molar-refractivity contribution in [1.82, 2.24) is 0 Å². The second-order valence-corrected chi connectivity index (χ2v) is 9.98. The first-order chi connectivity index (χ1) is 16.0. The zero-order valence-electron chi connectivity index (χ0n) is 22.9. The van der Waals surface area contributed by atoms with Gasteiger partial charge in [-0.05, 0) is 12.8 Å². The molecule has 0 rings (SSSR count). The molecule has 0 heterocycles. The van der Waals surface area contributed by atoms with Crippen LogP contribution in [0.3, 0.4) is 0 Å². The molecule has 0 amide bonds. The van der Waals surface area contributed by atoms with E-state index in [1.807, 2.05) is 0 Å². The predicted octanol–water partition coefficient (Wildman–Crippen LogP) is 4.30. The monoisotopic (exact) mass is 534 g/mol. The molecule has 0 aliphatic rings. The van der Waals surface area contributed by atoms with Gasteiger partial charge in [0.15, 0.2) is 0 Å². The fourth-order valence-corrected chi connectivity index (χ4v) is 3.93. The maximum absolute atomic E-state index is 10.1. The van der Waals surface area contributed by atoms with Gasteiger partial charge in [0.2, 0.25) is 10.4 Å². The molecule has 0 unspecified atom stereocenters. The molecule has 0 radical (unpaired) electrons. The van der Waals surface area contributed by atoms with Crippen molar-refractivity contribution in [3.8, 4) is 0 Å². The van der Waals surface area contributed by atoms with E-state index in [1.54, 1.807) is 0 Å². The number of unbranched alkanes of at least 4 members (excludes halogenated alkanes) is 18. The summed E-state index contributed by atoms with van der Waals surface area (Å²) in [5.74, 6) is 0. The van der Waals surface area contributed by atoms with Crippen LogP contribution in [0.25, 0.3) is 0 Å². The smallest absolute Gasteiger partial charge is 0.726 e. The molecule has 0 aromatic heterocycles. The van der Waals surface area contributed by atoms with Crippen molar-refractivity contribution >= 4 is 10.4 Å². The van der Waals surface area contributed by atoms with Crippen LogP contribution < -0.4 is 51.4 Å². The minimum Gasteiger partial charge on any atom is -0.726 e. The summed E-state index contributed by atoms with van der Waals surface area (Å²) in [6.07, 6.45) is 25.3. The molecule has 34 heavy (non-hydrogen) atoms. The van der Waals surface area contributed by atoms with Gasteiger partial charge in [0.1, 0.15) is 0 Å². The summed E-state index contributed by atoms with van der Waals surface area (Å²) < 4.78 is 39.7. The zero-order chi connectivity index (χ0) is 24.9. The largest absolute Gasteiger partial charge is 1.00 e. The third-order valence-corrected chi connectivity index (χ3v) is 6.06. The van der Waals surface area contributed by atoms with Gasteiger partial charge in [-0.25, -0.2) is 8.42 Å². The second-order valence-electron chi connectivity index (χ2n) is 8.93. The Kier molecular flexibility index (Phi) is 40.4. The quantitative estimate of drug-likeness (QED) is 0.0812. The summed E-state index contributed by atoms with van der Waals surface area (Å²) in [7, 11) is -4.48. The number of ether oxygens (including phenoxy) is 1. The van der Waals surface area contributed by atoms with E-state index in [0.717, 1.165) is 25.9 Å². The summed E-state index contributed by atoms with van der Waals surface area (Å²) in [5.41, 5.74) is 0. The first kappa shape index (κ1) is 39.9. The van der Waals surface area contributed by atoms with Gasteiger partial charge in [-0.3, -0.25) is 4.18 Å². The molecule has 0 aromatic carbocycles. The van der Waals surface area contributed by atoms with Crippen LogP contribution in [0.2, 0.25) is 0 Å². The molecular formula is C26H55KO6S. The van der Waals surface area contributed by atoms with E-state index in [-0.39, 0.29) is 64.6 Å². The Labute approximate surface area is 255 Å². The molecule has 0 saturated carbocycles. The molecule has 8 heteroatoms. The molecule has 0 atom stereocenters. The van der Waals surface area contributed by atoms with Crippen LogP contribution in [0, 0.1) is 0 Å². The number of hydrogen-bond donors (Lipinski definition) is 1. The average Bonchev–Trinajstić information content (AvgIpc) is 2.78. The number of hydrogen-bond acceptors (Lipinski definition) is 6. The molecular weight excluding hydrogens is 479 g/mol. The van der Waals surface area contributed by atoms with Crippen LogP contribution in [0.15, 0.2) is 0 Å². The summed E-state index contributed by atoms with van der Waals surface area (Å²) in [5, 5.41) is 8.50. The number of rotatable bonds is 25. The molecule has 0 aliphatic heterocycles. The molecule has 0 aromatic rings. The van der Waals surface area contributed by atoms with E-state index >= 15 is 0 Å². The third kappa shape index (κ3) is 43.5. The Bertz CT molecular complexity index is 435. The molecule has 0 spiro atoms. The van der Waals surface area contributed by atoms with Crippen molar-refractivity contribution in [3.63, 3.8) is 0 Å². The normalized spacial score (nSPS) is 11.1. The fraction of sp³-hybridized carbons (Fsp3) is 1.00. The molecule has 0 aliphatic carbocycles. The van der Waals surface area contributed by atoms with E-state index < -0.39 is 10.4 Å². The minimum atomic E-state index is -4.48. The SMILES string of the molecule is CCCCCCCCCCCCOCCO.CCCCCCCCCCCCOS(=O)(=O)[O-].[K+]. The fourth-order valence-electron chi connectivity index (χ4n) is 3.61. The van der Waals surface area contributed by atoms with E-state index in [0.29, 0.717) is 13.0 Å². The molecule has 0 bridgehead atoms. The zero-order valence-corrected chi connectivity index (χ0v) is 26.8. The van der Waals surface area contributed by atoms with Gasteiger partial charge in [-0.1, -0.05) is 129 Å². The standard InChI is InChI=1S/C14H30O2.C12H26O4S.K/c1-2-3-4-5-6-7-8-9-10-11-13-16-14-12-15;1-2-3-4-5-6-7-8-9-10-11-12-16-17(13,14)15;/h15H,2-14H2,1H3;2-12H2,1H3,(H,13,14,15);/q;;+1/p-1. The van der Waals surface area contributed by atoms with E-state index in [4.69, 9.17) is 9.84 Å². The van der Waals surface area contributed by atoms with Crippen molar-refractivity contribution in [2.45, 2.75) is 142 Å². The molecule has 6 nitrogen and oxygen atoms in total. The molecule has 1 N–H and O–H groups in total. The van der Waals surface area contributed by atoms with Crippen molar-refractivity contribution in [3.05, 3.63) is 0 Å². The predicted molar refractivity (Wildman–Crippen MR) is 137 cm³/mol. The van der Waals surface area contributed by atoms with Gasteiger partial charge >= 0.3 is 51.4 Å². The molecule has 0 fully saturated rings. The van der Waals surface area contributed by atoms with Crippen molar-refractivity contribution in [1.29, 1.82) is 0 Å². The van der Waals surface area contributed by atoms with Crippen LogP contribution in [0.1, 0.15) is 142 Å². The Balaban J connectivity index is -0.000000550. The minimum absolute atomic E-state index is 0. The maximum Gasteiger partial charge on any atom is 1.00 e. The van der Waals surface area contributed by atoms with Gasteiger partial charge in [-0.2, -0.15) is 0 Å². The van der Waals surface area contributed by atoms with Crippen LogP contribution >= 0.6 is 0 Å². The van der Waals surface area contributed by atoms with Gasteiger partial charge in [0.25, 0.3) is 0 Å². The summed E-state index contributed by atoms with van der Waals surface area (Å²) >= 11 is 0. The summed E-state index contributed by atoms with van der Waals surface area (Å²) in [6.45, 7) is 5.97. The molecule has 202 valence electrons. The van der Waals surface area contributed by atoms with E-state index in [1.165, 1.54) is 103 Å². The van der Waals surface area contributed by atoms with Gasteiger partial charge in [0.05, 0.1) is 19.8 Å². The Hall–Kier alpha value is 1.43. The Morgan fingerprint density at radius 1 is 0.559 bits per heavy atom. The first-order valence-corrected chi connectivity index (χ1v) is 15.1. The third-order valence-electron chi connectivity index (χ3n) is 5.60. The van der Waals surface area contributed by atoms with Crippen LogP contribution in [-0.4, -0.2) is 44.5 Å². The van der Waals surface area contributed by atoms with Gasteiger partial charge < -0.3 is 14.4 Å². The number of aliphatic hydroxyl groups excluding tert-OH is 1. The summed E-state index contributed by atoms with van der Waals surface area (Å²) in [4.78, 5) is 0. The van der Waals surface area contributed by atoms with E-state index in [2.05, 4.69) is 18.0 Å². The van der Waals surface area contributed by atoms with Crippen molar-refractivity contribution in [2.24, 2.45) is 0 Å². The van der Waals surface area contributed by atoms with Crippen molar-refractivity contribution in [2.75, 3.05) is 26.4 Å².